The van der Waals surface area contributed by atoms with Gasteiger partial charge in [-0.3, -0.25) is 19.1 Å². The Morgan fingerprint density at radius 3 is 2.65 bits per heavy atom. The highest BCUT2D eigenvalue weighted by Gasteiger charge is 2.40. The summed E-state index contributed by atoms with van der Waals surface area (Å²) < 4.78 is 20.4. The fraction of sp³-hybridized carbons (Fsp3) is 0.304. The summed E-state index contributed by atoms with van der Waals surface area (Å²) in [6.07, 6.45) is 1.62. The van der Waals surface area contributed by atoms with Crippen LogP contribution in [-0.2, 0) is 13.0 Å². The molecule has 1 aliphatic rings. The van der Waals surface area contributed by atoms with E-state index in [1.807, 2.05) is 6.07 Å². The van der Waals surface area contributed by atoms with Crippen LogP contribution in [0.15, 0.2) is 35.3 Å². The quantitative estimate of drug-likeness (QED) is 0.367. The van der Waals surface area contributed by atoms with Crippen molar-refractivity contribution in [2.45, 2.75) is 25.0 Å². The topological polar surface area (TPSA) is 158 Å². The van der Waals surface area contributed by atoms with Crippen molar-refractivity contribution in [3.05, 3.63) is 63.3 Å². The van der Waals surface area contributed by atoms with Gasteiger partial charge in [0.25, 0.3) is 11.5 Å². The number of amides is 1. The number of halogens is 1. The van der Waals surface area contributed by atoms with Gasteiger partial charge in [0.05, 0.1) is 32.2 Å². The molecule has 2 aromatic heterocycles. The van der Waals surface area contributed by atoms with E-state index < -0.39 is 47.4 Å². The Bertz CT molecular complexity index is 1360. The number of hydrogen-bond donors (Lipinski definition) is 4. The zero-order valence-corrected chi connectivity index (χ0v) is 17.9. The zero-order chi connectivity index (χ0) is 24.5. The van der Waals surface area contributed by atoms with Gasteiger partial charge in [-0.15, -0.1) is 0 Å². The van der Waals surface area contributed by atoms with Crippen LogP contribution in [0.25, 0.3) is 11.0 Å². The third kappa shape index (κ3) is 3.93. The van der Waals surface area contributed by atoms with E-state index in [0.29, 0.717) is 11.1 Å². The summed E-state index contributed by atoms with van der Waals surface area (Å²) >= 11 is 0. The maximum absolute atomic E-state index is 13.3. The van der Waals surface area contributed by atoms with Crippen molar-refractivity contribution in [3.8, 4) is 17.6 Å². The number of aliphatic hydroxyl groups is 2. The summed E-state index contributed by atoms with van der Waals surface area (Å²) in [5.41, 5.74) is -1.81. The highest BCUT2D eigenvalue weighted by Crippen LogP contribution is 2.40. The highest BCUT2D eigenvalue weighted by molar-refractivity contribution is 6.02. The van der Waals surface area contributed by atoms with E-state index in [-0.39, 0.29) is 42.7 Å². The van der Waals surface area contributed by atoms with E-state index in [2.05, 4.69) is 10.3 Å². The fourth-order valence-corrected chi connectivity index (χ4v) is 3.89. The summed E-state index contributed by atoms with van der Waals surface area (Å²) in [4.78, 5) is 30.2. The van der Waals surface area contributed by atoms with Crippen LogP contribution in [0.2, 0.25) is 0 Å². The third-order valence-corrected chi connectivity index (χ3v) is 5.67. The van der Waals surface area contributed by atoms with Crippen LogP contribution in [0.1, 0.15) is 27.9 Å². The number of rotatable bonds is 7. The second-order valence-corrected chi connectivity index (χ2v) is 7.99. The van der Waals surface area contributed by atoms with Gasteiger partial charge < -0.3 is 25.4 Å². The lowest BCUT2D eigenvalue weighted by molar-refractivity contribution is -0.0511. The number of hydrogen-bond acceptors (Lipinski definition) is 8. The van der Waals surface area contributed by atoms with Gasteiger partial charge in [0.15, 0.2) is 17.1 Å². The largest absolute Gasteiger partial charge is 0.505 e. The van der Waals surface area contributed by atoms with Gasteiger partial charge in [-0.25, -0.2) is 4.39 Å². The molecule has 34 heavy (non-hydrogen) atoms. The van der Waals surface area contributed by atoms with Crippen LogP contribution in [0.3, 0.4) is 0 Å². The van der Waals surface area contributed by atoms with E-state index >= 15 is 0 Å². The Labute approximate surface area is 192 Å². The molecule has 1 aromatic carbocycles. The molecule has 0 aliphatic carbocycles. The first-order valence-corrected chi connectivity index (χ1v) is 10.4. The molecule has 1 aliphatic heterocycles. The first-order valence-electron chi connectivity index (χ1n) is 10.4. The standard InChI is InChI=1S/C23H21FN4O6/c24-15-4-2-13(3-5-15)8-14-9-27-17-18-20(14)34-23(11-29,12-30)10-28(18)22(33)16(19(17)31)21(32)26-7-1-6-25/h2-5,9,29-31H,1,7-8,10-12H2,(H,26,32). The van der Waals surface area contributed by atoms with Crippen LogP contribution in [-0.4, -0.2) is 56.1 Å². The van der Waals surface area contributed by atoms with Crippen LogP contribution in [0, 0.1) is 17.1 Å². The van der Waals surface area contributed by atoms with Crippen LogP contribution < -0.4 is 15.6 Å². The summed E-state index contributed by atoms with van der Waals surface area (Å²) in [5.74, 6) is -1.83. The monoisotopic (exact) mass is 468 g/mol. The molecule has 3 heterocycles. The minimum atomic E-state index is -1.58. The van der Waals surface area contributed by atoms with Crippen molar-refractivity contribution in [2.75, 3.05) is 19.8 Å². The molecule has 4 rings (SSSR count). The van der Waals surface area contributed by atoms with Crippen molar-refractivity contribution in [2.24, 2.45) is 0 Å². The summed E-state index contributed by atoms with van der Waals surface area (Å²) in [6.45, 7) is -1.61. The third-order valence-electron chi connectivity index (χ3n) is 5.67. The van der Waals surface area contributed by atoms with Crippen LogP contribution in [0.4, 0.5) is 4.39 Å². The van der Waals surface area contributed by atoms with E-state index in [9.17, 15) is 29.3 Å². The zero-order valence-electron chi connectivity index (χ0n) is 17.9. The van der Waals surface area contributed by atoms with E-state index in [1.165, 1.54) is 18.3 Å². The molecule has 3 aromatic rings. The number of carbonyl (C=O) groups is 1. The number of ether oxygens (including phenoxy) is 1. The normalized spacial score (nSPS) is 13.8. The molecule has 0 radical (unpaired) electrons. The van der Waals surface area contributed by atoms with Crippen molar-refractivity contribution in [3.63, 3.8) is 0 Å². The minimum absolute atomic E-state index is 0.00932. The van der Waals surface area contributed by atoms with Gasteiger partial charge in [-0.2, -0.15) is 5.26 Å². The number of carbonyl (C=O) groups excluding carboxylic acids is 1. The molecule has 1 amide bonds. The maximum atomic E-state index is 13.3. The second-order valence-electron chi connectivity index (χ2n) is 7.99. The molecule has 0 atom stereocenters. The number of pyridine rings is 2. The van der Waals surface area contributed by atoms with Crippen molar-refractivity contribution in [1.82, 2.24) is 14.9 Å². The average molecular weight is 468 g/mol. The summed E-state index contributed by atoms with van der Waals surface area (Å²) in [7, 11) is 0. The Balaban J connectivity index is 1.92. The SMILES string of the molecule is N#CCCNC(=O)c1c(O)c2ncc(Cc3ccc(F)cc3)c3c2n(c1=O)CC(CO)(CO)O3. The Morgan fingerprint density at radius 1 is 1.29 bits per heavy atom. The number of nitrogens with one attached hydrogen (secondary N) is 1. The number of aliphatic hydroxyl groups excluding tert-OH is 2. The van der Waals surface area contributed by atoms with Gasteiger partial charge in [0.2, 0.25) is 0 Å². The Hall–Kier alpha value is -4.01. The van der Waals surface area contributed by atoms with Crippen molar-refractivity contribution in [1.29, 1.82) is 5.26 Å². The molecule has 0 saturated carbocycles. The Morgan fingerprint density at radius 2 is 2.00 bits per heavy atom. The van der Waals surface area contributed by atoms with Gasteiger partial charge >= 0.3 is 0 Å². The molecule has 0 unspecified atom stereocenters. The van der Waals surface area contributed by atoms with Crippen LogP contribution >= 0.6 is 0 Å². The molecule has 4 N–H and O–H groups in total. The van der Waals surface area contributed by atoms with Gasteiger partial charge in [0, 0.05) is 24.7 Å². The lowest BCUT2D eigenvalue weighted by atomic mass is 9.99. The lowest BCUT2D eigenvalue weighted by Gasteiger charge is -2.37. The molecule has 0 bridgehead atoms. The smallest absolute Gasteiger partial charge is 0.268 e. The number of aromatic nitrogens is 2. The number of nitrogens with zero attached hydrogens (tertiary/aromatic N) is 3. The molecule has 11 heteroatoms. The van der Waals surface area contributed by atoms with Gasteiger partial charge in [-0.1, -0.05) is 12.1 Å². The number of aromatic hydroxyl groups is 1. The second kappa shape index (κ2) is 9.09. The molecule has 0 fully saturated rings. The number of benzene rings is 1. The van der Waals surface area contributed by atoms with E-state index in [1.54, 1.807) is 12.1 Å². The van der Waals surface area contributed by atoms with Crippen LogP contribution in [0.5, 0.6) is 11.5 Å². The van der Waals surface area contributed by atoms with Crippen molar-refractivity contribution >= 4 is 16.9 Å². The average Bonchev–Trinajstić information content (AvgIpc) is 2.84. The first-order chi connectivity index (χ1) is 16.3. The first kappa shape index (κ1) is 23.2. The van der Waals surface area contributed by atoms with Gasteiger partial charge in [-0.05, 0) is 17.7 Å². The summed E-state index contributed by atoms with van der Waals surface area (Å²) in [6, 6.07) is 7.59. The number of nitriles is 1. The summed E-state index contributed by atoms with van der Waals surface area (Å²) in [5, 5.41) is 41.8. The van der Waals surface area contributed by atoms with Gasteiger partial charge in [0.1, 0.15) is 22.4 Å². The molecule has 0 spiro atoms. The van der Waals surface area contributed by atoms with E-state index in [0.717, 1.165) is 4.57 Å². The predicted octanol–water partition coefficient (Wildman–Crippen LogP) is 0.591. The minimum Gasteiger partial charge on any atom is -0.505 e. The molecular formula is C23H21FN4O6. The molecule has 176 valence electrons. The fourth-order valence-electron chi connectivity index (χ4n) is 3.89. The molecule has 0 saturated heterocycles. The lowest BCUT2D eigenvalue weighted by Crippen LogP contribution is -2.52. The van der Waals surface area contributed by atoms with Crippen molar-refractivity contribution < 1.29 is 29.2 Å². The molecule has 10 nitrogen and oxygen atoms in total. The highest BCUT2D eigenvalue weighted by atomic mass is 19.1. The molecular weight excluding hydrogens is 447 g/mol. The predicted molar refractivity (Wildman–Crippen MR) is 117 cm³/mol. The maximum Gasteiger partial charge on any atom is 0.268 e. The Kier molecular flexibility index (Phi) is 6.19. The van der Waals surface area contributed by atoms with E-state index in [4.69, 9.17) is 10.00 Å².